The molecule has 2 aliphatic rings. The van der Waals surface area contributed by atoms with Crippen molar-refractivity contribution >= 4 is 11.8 Å². The van der Waals surface area contributed by atoms with Gasteiger partial charge in [0, 0.05) is 44.7 Å². The number of nitrogens with zero attached hydrogens (tertiary/aromatic N) is 1. The summed E-state index contributed by atoms with van der Waals surface area (Å²) in [5.41, 5.74) is 1.68. The summed E-state index contributed by atoms with van der Waals surface area (Å²) < 4.78 is 0. The third-order valence-electron chi connectivity index (χ3n) is 5.14. The molecular weight excluding hydrogens is 302 g/mol. The maximum Gasteiger partial charge on any atom is 0.253 e. The first-order valence-corrected chi connectivity index (χ1v) is 8.84. The van der Waals surface area contributed by atoms with Gasteiger partial charge in [-0.1, -0.05) is 12.1 Å². The highest BCUT2D eigenvalue weighted by molar-refractivity contribution is 5.93. The SMILES string of the molecule is CN(C)C(=O)c1ccc(CNC(=O)CC2CC3CCC(C2)N3)cc1. The van der Waals surface area contributed by atoms with Crippen molar-refractivity contribution in [2.45, 2.75) is 50.7 Å². The molecule has 1 aromatic rings. The molecule has 1 aromatic carbocycles. The van der Waals surface area contributed by atoms with Gasteiger partial charge in [-0.2, -0.15) is 0 Å². The van der Waals surface area contributed by atoms with Crippen molar-refractivity contribution in [1.82, 2.24) is 15.5 Å². The highest BCUT2D eigenvalue weighted by Crippen LogP contribution is 2.32. The Morgan fingerprint density at radius 3 is 2.33 bits per heavy atom. The van der Waals surface area contributed by atoms with E-state index < -0.39 is 0 Å². The third kappa shape index (κ3) is 4.15. The number of hydrogen-bond donors (Lipinski definition) is 2. The average Bonchev–Trinajstić information content (AvgIpc) is 2.91. The molecule has 2 N–H and O–H groups in total. The number of carbonyl (C=O) groups excluding carboxylic acids is 2. The van der Waals surface area contributed by atoms with Gasteiger partial charge in [0.15, 0.2) is 0 Å². The largest absolute Gasteiger partial charge is 0.352 e. The number of benzene rings is 1. The minimum atomic E-state index is -0.00822. The van der Waals surface area contributed by atoms with Crippen molar-refractivity contribution < 1.29 is 9.59 Å². The van der Waals surface area contributed by atoms with E-state index >= 15 is 0 Å². The standard InChI is InChI=1S/C19H27N3O2/c1-22(2)19(24)15-5-3-13(4-6-15)12-20-18(23)11-14-9-16-7-8-17(10-14)21-16/h3-6,14,16-17,21H,7-12H2,1-2H3,(H,20,23). The molecule has 3 rings (SSSR count). The summed E-state index contributed by atoms with van der Waals surface area (Å²) in [5.74, 6) is 0.643. The first-order chi connectivity index (χ1) is 11.5. The first-order valence-electron chi connectivity index (χ1n) is 8.84. The Bertz CT molecular complexity index is 585. The number of carbonyl (C=O) groups is 2. The predicted octanol–water partition coefficient (Wildman–Crippen LogP) is 1.93. The fourth-order valence-electron chi connectivity index (χ4n) is 3.90. The number of rotatable bonds is 5. The Labute approximate surface area is 143 Å². The minimum absolute atomic E-state index is 0.00822. The van der Waals surface area contributed by atoms with Crippen LogP contribution in [0.15, 0.2) is 24.3 Å². The maximum absolute atomic E-state index is 12.2. The van der Waals surface area contributed by atoms with E-state index in [0.717, 1.165) is 18.4 Å². The van der Waals surface area contributed by atoms with Crippen molar-refractivity contribution in [2.24, 2.45) is 5.92 Å². The van der Waals surface area contributed by atoms with Gasteiger partial charge in [0.25, 0.3) is 5.91 Å². The molecular formula is C19H27N3O2. The van der Waals surface area contributed by atoms with Gasteiger partial charge in [-0.15, -0.1) is 0 Å². The molecule has 0 radical (unpaired) electrons. The van der Waals surface area contributed by atoms with E-state index in [9.17, 15) is 9.59 Å². The van der Waals surface area contributed by atoms with E-state index in [1.54, 1.807) is 19.0 Å². The van der Waals surface area contributed by atoms with Crippen LogP contribution in [0.2, 0.25) is 0 Å². The van der Waals surface area contributed by atoms with Gasteiger partial charge in [0.2, 0.25) is 5.91 Å². The highest BCUT2D eigenvalue weighted by atomic mass is 16.2. The first kappa shape index (κ1) is 17.0. The molecule has 0 aromatic heterocycles. The molecule has 130 valence electrons. The van der Waals surface area contributed by atoms with Crippen LogP contribution in [0.5, 0.6) is 0 Å². The predicted molar refractivity (Wildman–Crippen MR) is 93.6 cm³/mol. The van der Waals surface area contributed by atoms with E-state index in [1.807, 2.05) is 24.3 Å². The molecule has 2 heterocycles. The molecule has 2 unspecified atom stereocenters. The summed E-state index contributed by atoms with van der Waals surface area (Å²) in [6, 6.07) is 8.69. The fraction of sp³-hybridized carbons (Fsp3) is 0.579. The van der Waals surface area contributed by atoms with Crippen LogP contribution in [0.3, 0.4) is 0 Å². The quantitative estimate of drug-likeness (QED) is 0.868. The topological polar surface area (TPSA) is 61.4 Å². The van der Waals surface area contributed by atoms with Crippen molar-refractivity contribution in [3.8, 4) is 0 Å². The van der Waals surface area contributed by atoms with Gasteiger partial charge in [0.1, 0.15) is 0 Å². The Hall–Kier alpha value is -1.88. The average molecular weight is 329 g/mol. The lowest BCUT2D eigenvalue weighted by atomic mass is 9.89. The molecule has 0 saturated carbocycles. The van der Waals surface area contributed by atoms with Crippen LogP contribution in [0.1, 0.15) is 48.0 Å². The molecule has 5 heteroatoms. The molecule has 2 atom stereocenters. The Balaban J connectivity index is 1.45. The zero-order chi connectivity index (χ0) is 17.1. The summed E-state index contributed by atoms with van der Waals surface area (Å²) in [6.45, 7) is 0.521. The second-order valence-corrected chi connectivity index (χ2v) is 7.35. The lowest BCUT2D eigenvalue weighted by Crippen LogP contribution is -2.39. The second kappa shape index (κ2) is 7.34. The molecule has 0 aliphatic carbocycles. The van der Waals surface area contributed by atoms with Gasteiger partial charge >= 0.3 is 0 Å². The second-order valence-electron chi connectivity index (χ2n) is 7.35. The third-order valence-corrected chi connectivity index (χ3v) is 5.14. The van der Waals surface area contributed by atoms with Gasteiger partial charge in [0.05, 0.1) is 0 Å². The van der Waals surface area contributed by atoms with Crippen molar-refractivity contribution in [2.75, 3.05) is 14.1 Å². The van der Waals surface area contributed by atoms with E-state index in [0.29, 0.717) is 36.5 Å². The molecule has 24 heavy (non-hydrogen) atoms. The highest BCUT2D eigenvalue weighted by Gasteiger charge is 2.34. The Morgan fingerprint density at radius 1 is 1.12 bits per heavy atom. The number of fused-ring (bicyclic) bond motifs is 2. The van der Waals surface area contributed by atoms with Crippen molar-refractivity contribution in [3.63, 3.8) is 0 Å². The van der Waals surface area contributed by atoms with Crippen LogP contribution in [-0.2, 0) is 11.3 Å². The summed E-state index contributed by atoms with van der Waals surface area (Å²) in [5, 5.41) is 6.62. The zero-order valence-corrected chi connectivity index (χ0v) is 14.5. The fourth-order valence-corrected chi connectivity index (χ4v) is 3.90. The summed E-state index contributed by atoms with van der Waals surface area (Å²) in [4.78, 5) is 25.6. The summed E-state index contributed by atoms with van der Waals surface area (Å²) >= 11 is 0. The minimum Gasteiger partial charge on any atom is -0.352 e. The van der Waals surface area contributed by atoms with Crippen LogP contribution >= 0.6 is 0 Å². The number of amides is 2. The lowest BCUT2D eigenvalue weighted by molar-refractivity contribution is -0.122. The molecule has 0 spiro atoms. The van der Waals surface area contributed by atoms with Crippen LogP contribution in [-0.4, -0.2) is 42.9 Å². The van der Waals surface area contributed by atoms with Crippen LogP contribution in [0.4, 0.5) is 0 Å². The maximum atomic E-state index is 12.2. The van der Waals surface area contributed by atoms with E-state index in [4.69, 9.17) is 0 Å². The molecule has 2 fully saturated rings. The normalized spacial score (nSPS) is 25.3. The summed E-state index contributed by atoms with van der Waals surface area (Å²) in [7, 11) is 3.48. The number of nitrogens with one attached hydrogen (secondary N) is 2. The summed E-state index contributed by atoms with van der Waals surface area (Å²) in [6.07, 6.45) is 5.42. The number of hydrogen-bond acceptors (Lipinski definition) is 3. The van der Waals surface area contributed by atoms with E-state index in [2.05, 4.69) is 10.6 Å². The van der Waals surface area contributed by atoms with Crippen molar-refractivity contribution in [1.29, 1.82) is 0 Å². The van der Waals surface area contributed by atoms with E-state index in [1.165, 1.54) is 12.8 Å². The Morgan fingerprint density at radius 2 is 1.75 bits per heavy atom. The molecule has 2 amide bonds. The van der Waals surface area contributed by atoms with Crippen LogP contribution in [0, 0.1) is 5.92 Å². The number of piperidine rings is 1. The van der Waals surface area contributed by atoms with Gasteiger partial charge in [-0.25, -0.2) is 0 Å². The smallest absolute Gasteiger partial charge is 0.253 e. The molecule has 2 saturated heterocycles. The van der Waals surface area contributed by atoms with Crippen LogP contribution < -0.4 is 10.6 Å². The lowest BCUT2D eigenvalue weighted by Gasteiger charge is -2.28. The molecule has 2 bridgehead atoms. The van der Waals surface area contributed by atoms with E-state index in [-0.39, 0.29) is 11.8 Å². The van der Waals surface area contributed by atoms with Gasteiger partial charge in [-0.3, -0.25) is 9.59 Å². The van der Waals surface area contributed by atoms with Gasteiger partial charge in [-0.05, 0) is 49.3 Å². The monoisotopic (exact) mass is 329 g/mol. The molecule has 5 nitrogen and oxygen atoms in total. The van der Waals surface area contributed by atoms with Gasteiger partial charge < -0.3 is 15.5 Å². The Kier molecular flexibility index (Phi) is 5.19. The van der Waals surface area contributed by atoms with Crippen molar-refractivity contribution in [3.05, 3.63) is 35.4 Å². The van der Waals surface area contributed by atoms with Crippen LogP contribution in [0.25, 0.3) is 0 Å². The molecule has 2 aliphatic heterocycles. The zero-order valence-electron chi connectivity index (χ0n) is 14.5.